The maximum Gasteiger partial charge on any atom is 0.213 e. The lowest BCUT2D eigenvalue weighted by Gasteiger charge is -2.16. The molecule has 13 heteroatoms. The van der Waals surface area contributed by atoms with Crippen LogP contribution in [0, 0.1) is 11.2 Å². The van der Waals surface area contributed by atoms with E-state index in [1.807, 2.05) is 0 Å². The first-order valence-corrected chi connectivity index (χ1v) is 9.20. The Morgan fingerprint density at radius 3 is 2.84 bits per heavy atom. The van der Waals surface area contributed by atoms with E-state index in [2.05, 4.69) is 40.9 Å². The quantitative estimate of drug-likeness (QED) is 0.287. The van der Waals surface area contributed by atoms with Crippen molar-refractivity contribution >= 4 is 43.3 Å². The number of hydroxylamine groups is 1. The molecule has 10 nitrogen and oxygen atoms in total. The van der Waals surface area contributed by atoms with Crippen molar-refractivity contribution in [3.8, 4) is 0 Å². The Bertz CT molecular complexity index is 874. The molecule has 0 aliphatic rings. The molecule has 0 unspecified atom stereocenters. The summed E-state index contributed by atoms with van der Waals surface area (Å²) >= 11 is 2.98. The third-order valence-corrected chi connectivity index (χ3v) is 5.02. The highest BCUT2D eigenvalue weighted by atomic mass is 79.9. The molecule has 136 valence electrons. The minimum absolute atomic E-state index is 0.0171. The van der Waals surface area contributed by atoms with Crippen LogP contribution in [0.4, 0.5) is 15.9 Å². The van der Waals surface area contributed by atoms with Gasteiger partial charge in [-0.3, -0.25) is 10.6 Å². The Morgan fingerprint density at radius 2 is 2.20 bits per heavy atom. The first-order chi connectivity index (χ1) is 11.7. The number of halogens is 2. The predicted octanol–water partition coefficient (Wildman–Crippen LogP) is 1.15. The summed E-state index contributed by atoms with van der Waals surface area (Å²) in [6.45, 7) is -0.0226. The van der Waals surface area contributed by atoms with Crippen molar-refractivity contribution in [1.82, 2.24) is 15.0 Å². The molecule has 0 fully saturated rings. The van der Waals surface area contributed by atoms with Crippen LogP contribution in [0.15, 0.2) is 27.3 Å². The first-order valence-electron chi connectivity index (χ1n) is 6.76. The molecule has 0 spiro atoms. The molecule has 0 radical (unpaired) electrons. The van der Waals surface area contributed by atoms with E-state index in [4.69, 9.17) is 5.41 Å². The van der Waals surface area contributed by atoms with Crippen LogP contribution in [-0.2, 0) is 10.0 Å². The van der Waals surface area contributed by atoms with Gasteiger partial charge in [-0.1, -0.05) is 0 Å². The summed E-state index contributed by atoms with van der Waals surface area (Å²) < 4.78 is 42.8. The Kier molecular flexibility index (Phi) is 6.05. The maximum absolute atomic E-state index is 13.3. The molecule has 0 saturated heterocycles. The van der Waals surface area contributed by atoms with Crippen LogP contribution in [0.1, 0.15) is 5.69 Å². The third-order valence-electron chi connectivity index (χ3n) is 3.05. The largest absolute Gasteiger partial charge is 0.364 e. The number of sulfonamides is 1. The minimum Gasteiger partial charge on any atom is -0.364 e. The van der Waals surface area contributed by atoms with Crippen LogP contribution >= 0.6 is 15.9 Å². The summed E-state index contributed by atoms with van der Waals surface area (Å²) in [5.41, 5.74) is -0.0465. The molecule has 1 heterocycles. The van der Waals surface area contributed by atoms with Crippen molar-refractivity contribution in [3.63, 3.8) is 0 Å². The second-order valence-corrected chi connectivity index (χ2v) is 7.57. The van der Waals surface area contributed by atoms with Crippen LogP contribution in [-0.4, -0.2) is 49.1 Å². The summed E-state index contributed by atoms with van der Waals surface area (Å²) in [5.74, 6) is -1.29. The van der Waals surface area contributed by atoms with Gasteiger partial charge in [-0.2, -0.15) is 0 Å². The summed E-state index contributed by atoms with van der Waals surface area (Å²) in [4.78, 5) is 0. The smallest absolute Gasteiger partial charge is 0.213 e. The molecular weight excluding hydrogens is 423 g/mol. The summed E-state index contributed by atoms with van der Waals surface area (Å²) in [6.07, 6.45) is 0. The monoisotopic (exact) mass is 436 g/mol. The number of hydrogen-bond donors (Lipinski definition) is 4. The van der Waals surface area contributed by atoms with Crippen molar-refractivity contribution in [1.29, 1.82) is 5.41 Å². The maximum atomic E-state index is 13.3. The number of amidine groups is 1. The molecule has 1 aromatic heterocycles. The lowest BCUT2D eigenvalue weighted by molar-refractivity contribution is 0.300. The highest BCUT2D eigenvalue weighted by Gasteiger charge is 2.22. The van der Waals surface area contributed by atoms with Crippen molar-refractivity contribution in [2.45, 2.75) is 0 Å². The zero-order valence-corrected chi connectivity index (χ0v) is 15.2. The summed E-state index contributed by atoms with van der Waals surface area (Å²) in [5, 5.41) is 28.3. The Labute approximate surface area is 150 Å². The predicted molar refractivity (Wildman–Crippen MR) is 90.8 cm³/mol. The fourth-order valence-corrected chi connectivity index (χ4v) is 2.65. The van der Waals surface area contributed by atoms with Crippen molar-refractivity contribution in [2.75, 3.05) is 29.7 Å². The van der Waals surface area contributed by atoms with Gasteiger partial charge in [0.1, 0.15) is 5.82 Å². The standard InChI is InChI=1S/C12H14BrFN6O4S/c1-16-25(22,23)5-4-17-12-10(18-24-19-12)11(15)20(21)7-2-3-9(14)8(13)6-7/h2-3,6,15-16,21H,4-5H2,1H3,(H,17,19). The van der Waals surface area contributed by atoms with Crippen LogP contribution in [0.5, 0.6) is 0 Å². The van der Waals surface area contributed by atoms with E-state index in [0.29, 0.717) is 5.06 Å². The highest BCUT2D eigenvalue weighted by molar-refractivity contribution is 9.10. The molecule has 0 saturated carbocycles. The van der Waals surface area contributed by atoms with Gasteiger partial charge in [-0.25, -0.2) is 27.2 Å². The van der Waals surface area contributed by atoms with Gasteiger partial charge in [0.05, 0.1) is 15.9 Å². The molecule has 2 rings (SSSR count). The van der Waals surface area contributed by atoms with E-state index in [0.717, 1.165) is 6.07 Å². The first kappa shape index (κ1) is 19.2. The number of benzene rings is 1. The topological polar surface area (TPSA) is 144 Å². The van der Waals surface area contributed by atoms with Crippen LogP contribution in [0.2, 0.25) is 0 Å². The second kappa shape index (κ2) is 7.86. The minimum atomic E-state index is -3.42. The molecule has 25 heavy (non-hydrogen) atoms. The second-order valence-electron chi connectivity index (χ2n) is 4.67. The van der Waals surface area contributed by atoms with E-state index in [1.165, 1.54) is 19.2 Å². The van der Waals surface area contributed by atoms with E-state index in [9.17, 15) is 18.0 Å². The van der Waals surface area contributed by atoms with Crippen LogP contribution in [0.3, 0.4) is 0 Å². The van der Waals surface area contributed by atoms with Gasteiger partial charge in [0.2, 0.25) is 15.8 Å². The molecule has 0 amide bonds. The van der Waals surface area contributed by atoms with Gasteiger partial charge in [-0.15, -0.1) is 0 Å². The Morgan fingerprint density at radius 1 is 1.48 bits per heavy atom. The van der Waals surface area contributed by atoms with Crippen molar-refractivity contribution in [2.24, 2.45) is 0 Å². The fourth-order valence-electron chi connectivity index (χ4n) is 1.71. The van der Waals surface area contributed by atoms with E-state index in [1.54, 1.807) is 0 Å². The van der Waals surface area contributed by atoms with Crippen molar-refractivity contribution in [3.05, 3.63) is 34.2 Å². The lowest BCUT2D eigenvalue weighted by atomic mass is 10.3. The van der Waals surface area contributed by atoms with Crippen LogP contribution < -0.4 is 15.1 Å². The Hall–Kier alpha value is -2.09. The molecular formula is C12H14BrFN6O4S. The van der Waals surface area contributed by atoms with Gasteiger partial charge in [-0.05, 0) is 51.5 Å². The van der Waals surface area contributed by atoms with Gasteiger partial charge in [0.25, 0.3) is 0 Å². The third kappa shape index (κ3) is 4.72. The number of aromatic nitrogens is 2. The number of nitrogens with one attached hydrogen (secondary N) is 3. The van der Waals surface area contributed by atoms with Crippen molar-refractivity contribution < 1.29 is 22.6 Å². The number of anilines is 2. The number of rotatable bonds is 7. The zero-order valence-electron chi connectivity index (χ0n) is 12.8. The number of nitrogens with zero attached hydrogens (tertiary/aromatic N) is 3. The normalized spacial score (nSPS) is 11.4. The average Bonchev–Trinajstić information content (AvgIpc) is 3.04. The van der Waals surface area contributed by atoms with Crippen LogP contribution in [0.25, 0.3) is 0 Å². The highest BCUT2D eigenvalue weighted by Crippen LogP contribution is 2.24. The molecule has 1 aromatic carbocycles. The summed E-state index contributed by atoms with van der Waals surface area (Å²) in [6, 6.07) is 3.64. The van der Waals surface area contributed by atoms with E-state index < -0.39 is 21.7 Å². The van der Waals surface area contributed by atoms with E-state index >= 15 is 0 Å². The van der Waals surface area contributed by atoms with Gasteiger partial charge in [0.15, 0.2) is 11.5 Å². The lowest BCUT2D eigenvalue weighted by Crippen LogP contribution is -2.29. The molecule has 0 aliphatic carbocycles. The fraction of sp³-hybridized carbons (Fsp3) is 0.250. The van der Waals surface area contributed by atoms with Gasteiger partial charge < -0.3 is 5.32 Å². The molecule has 4 N–H and O–H groups in total. The molecule has 0 bridgehead atoms. The van der Waals surface area contributed by atoms with Gasteiger partial charge >= 0.3 is 0 Å². The average molecular weight is 437 g/mol. The Balaban J connectivity index is 2.12. The zero-order chi connectivity index (χ0) is 18.6. The van der Waals surface area contributed by atoms with E-state index in [-0.39, 0.29) is 34.0 Å². The molecule has 2 aromatic rings. The summed E-state index contributed by atoms with van der Waals surface area (Å²) in [7, 11) is -2.13. The molecule has 0 atom stereocenters. The van der Waals surface area contributed by atoms with Gasteiger partial charge in [0, 0.05) is 6.54 Å². The SMILES string of the molecule is CNS(=O)(=O)CCNc1nonc1C(=N)N(O)c1ccc(F)c(Br)c1. The number of hydrogen-bond acceptors (Lipinski definition) is 8. The molecule has 0 aliphatic heterocycles.